The van der Waals surface area contributed by atoms with E-state index in [4.69, 9.17) is 0 Å². The van der Waals surface area contributed by atoms with Crippen molar-refractivity contribution in [1.29, 1.82) is 0 Å². The lowest BCUT2D eigenvalue weighted by Gasteiger charge is -2.18. The number of amides is 1. The molecule has 1 amide bonds. The lowest BCUT2D eigenvalue weighted by Crippen LogP contribution is -2.35. The molecule has 0 heterocycles. The Hall–Kier alpha value is -2.14. The van der Waals surface area contributed by atoms with Gasteiger partial charge in [0.2, 0.25) is 5.91 Å². The maximum Gasteiger partial charge on any atom is 0.225 e. The minimum Gasteiger partial charge on any atom is -0.550 e. The number of hydrogen-bond donors (Lipinski definition) is 1. The Morgan fingerprint density at radius 1 is 1.12 bits per heavy atom. The Bertz CT molecular complexity index is 741. The van der Waals surface area contributed by atoms with Gasteiger partial charge in [-0.15, -0.1) is 0 Å². The number of carbonyl (C=O) groups excluding carboxylic acids is 2. The van der Waals surface area contributed by atoms with Crippen LogP contribution in [0.2, 0.25) is 0 Å². The van der Waals surface area contributed by atoms with E-state index in [1.54, 1.807) is 12.1 Å². The van der Waals surface area contributed by atoms with Gasteiger partial charge in [-0.2, -0.15) is 0 Å². The summed E-state index contributed by atoms with van der Waals surface area (Å²) < 4.78 is 0.886. The molecule has 0 spiro atoms. The molecular formula is C19H19BrNO3-. The molecular weight excluding hydrogens is 370 g/mol. The first kappa shape index (κ1) is 18.2. The highest BCUT2D eigenvalue weighted by Gasteiger charge is 2.16. The third-order valence-electron chi connectivity index (χ3n) is 3.82. The fourth-order valence-electron chi connectivity index (χ4n) is 2.35. The molecule has 1 atom stereocenters. The van der Waals surface area contributed by atoms with E-state index >= 15 is 0 Å². The predicted octanol–water partition coefficient (Wildman–Crippen LogP) is 3.00. The third-order valence-corrected chi connectivity index (χ3v) is 4.68. The first-order valence-electron chi connectivity index (χ1n) is 7.67. The number of carboxylic acids is 1. The average molecular weight is 389 g/mol. The fraction of sp³-hybridized carbons (Fsp3) is 0.263. The highest BCUT2D eigenvalue weighted by atomic mass is 79.9. The van der Waals surface area contributed by atoms with E-state index in [-0.39, 0.29) is 18.7 Å². The predicted molar refractivity (Wildman–Crippen MR) is 95.5 cm³/mol. The highest BCUT2D eigenvalue weighted by molar-refractivity contribution is 9.10. The van der Waals surface area contributed by atoms with Crippen molar-refractivity contribution in [3.63, 3.8) is 0 Å². The van der Waals surface area contributed by atoms with Crippen LogP contribution in [0.1, 0.15) is 23.1 Å². The topological polar surface area (TPSA) is 69.2 Å². The van der Waals surface area contributed by atoms with Gasteiger partial charge in [0.1, 0.15) is 0 Å². The number of aryl methyl sites for hydroxylation is 2. The minimum atomic E-state index is -1.21. The van der Waals surface area contributed by atoms with Crippen molar-refractivity contribution in [1.82, 2.24) is 0 Å². The summed E-state index contributed by atoms with van der Waals surface area (Å²) in [6, 6.07) is 13.0. The van der Waals surface area contributed by atoms with E-state index in [1.165, 1.54) is 0 Å². The standard InChI is InChI=1S/C19H20BrNO3/c1-12-3-6-14(7-4-12)9-15(19(23)24)10-18(22)21-16-8-5-13(2)17(20)11-16/h3-8,11,15H,9-10H2,1-2H3,(H,21,22)(H,23,24)/p-1/t15-/m1/s1. The van der Waals surface area contributed by atoms with E-state index < -0.39 is 11.9 Å². The molecule has 0 saturated carbocycles. The first-order valence-corrected chi connectivity index (χ1v) is 8.47. The molecule has 0 saturated heterocycles. The van der Waals surface area contributed by atoms with E-state index in [2.05, 4.69) is 21.2 Å². The van der Waals surface area contributed by atoms with Crippen molar-refractivity contribution >= 4 is 33.5 Å². The molecule has 0 aromatic heterocycles. The van der Waals surface area contributed by atoms with Gasteiger partial charge in [0, 0.05) is 28.5 Å². The van der Waals surface area contributed by atoms with E-state index in [1.807, 2.05) is 44.2 Å². The Balaban J connectivity index is 2.01. The molecule has 5 heteroatoms. The van der Waals surface area contributed by atoms with Crippen LogP contribution in [0, 0.1) is 19.8 Å². The van der Waals surface area contributed by atoms with Gasteiger partial charge in [-0.05, 0) is 43.5 Å². The molecule has 0 radical (unpaired) electrons. The van der Waals surface area contributed by atoms with Gasteiger partial charge >= 0.3 is 0 Å². The molecule has 2 aromatic carbocycles. The van der Waals surface area contributed by atoms with Crippen molar-refractivity contribution in [3.05, 3.63) is 63.6 Å². The Morgan fingerprint density at radius 3 is 2.38 bits per heavy atom. The molecule has 0 aliphatic heterocycles. The van der Waals surface area contributed by atoms with Crippen LogP contribution in [0.4, 0.5) is 5.69 Å². The van der Waals surface area contributed by atoms with E-state index in [9.17, 15) is 14.7 Å². The maximum atomic E-state index is 12.2. The van der Waals surface area contributed by atoms with Crippen molar-refractivity contribution in [2.24, 2.45) is 5.92 Å². The second kappa shape index (κ2) is 8.11. The monoisotopic (exact) mass is 388 g/mol. The summed E-state index contributed by atoms with van der Waals surface area (Å²) >= 11 is 3.40. The Morgan fingerprint density at radius 2 is 1.79 bits per heavy atom. The summed E-state index contributed by atoms with van der Waals surface area (Å²) in [5.74, 6) is -2.41. The summed E-state index contributed by atoms with van der Waals surface area (Å²) in [4.78, 5) is 23.5. The van der Waals surface area contributed by atoms with E-state index in [0.29, 0.717) is 5.69 Å². The Labute approximate surface area is 150 Å². The zero-order chi connectivity index (χ0) is 17.7. The summed E-state index contributed by atoms with van der Waals surface area (Å²) in [6.45, 7) is 3.91. The van der Waals surface area contributed by atoms with Crippen LogP contribution in [0.3, 0.4) is 0 Å². The molecule has 0 bridgehead atoms. The molecule has 0 aliphatic rings. The maximum absolute atomic E-state index is 12.2. The molecule has 0 aliphatic carbocycles. The fourth-order valence-corrected chi connectivity index (χ4v) is 2.73. The summed E-state index contributed by atoms with van der Waals surface area (Å²) in [7, 11) is 0. The lowest BCUT2D eigenvalue weighted by atomic mass is 9.95. The van der Waals surface area contributed by atoms with Crippen LogP contribution in [0.25, 0.3) is 0 Å². The summed E-state index contributed by atoms with van der Waals surface area (Å²) in [6.07, 6.45) is 0.148. The number of carbonyl (C=O) groups is 2. The molecule has 2 aromatic rings. The van der Waals surface area contributed by atoms with Gasteiger partial charge in [-0.25, -0.2) is 0 Å². The smallest absolute Gasteiger partial charge is 0.225 e. The quantitative estimate of drug-likeness (QED) is 0.826. The van der Waals surface area contributed by atoms with Gasteiger partial charge in [-0.1, -0.05) is 51.8 Å². The number of nitrogens with one attached hydrogen (secondary N) is 1. The summed E-state index contributed by atoms with van der Waals surface area (Å²) in [5.41, 5.74) is 3.66. The van der Waals surface area contributed by atoms with Gasteiger partial charge in [0.05, 0.1) is 0 Å². The van der Waals surface area contributed by atoms with Crippen LogP contribution in [0.5, 0.6) is 0 Å². The molecule has 24 heavy (non-hydrogen) atoms. The first-order chi connectivity index (χ1) is 11.3. The number of benzene rings is 2. The van der Waals surface area contributed by atoms with Crippen molar-refractivity contribution in [2.45, 2.75) is 26.7 Å². The van der Waals surface area contributed by atoms with E-state index in [0.717, 1.165) is 21.2 Å². The largest absolute Gasteiger partial charge is 0.550 e. The van der Waals surface area contributed by atoms with Gasteiger partial charge in [0.25, 0.3) is 0 Å². The van der Waals surface area contributed by atoms with Crippen molar-refractivity contribution in [3.8, 4) is 0 Å². The SMILES string of the molecule is Cc1ccc(C[C@H](CC(=O)Nc2ccc(C)c(Br)c2)C(=O)[O-])cc1. The van der Waals surface area contributed by atoms with Crippen LogP contribution in [0.15, 0.2) is 46.9 Å². The summed E-state index contributed by atoms with van der Waals surface area (Å²) in [5, 5.41) is 14.1. The second-order valence-electron chi connectivity index (χ2n) is 5.92. The average Bonchev–Trinajstić information content (AvgIpc) is 2.52. The Kier molecular flexibility index (Phi) is 6.15. The number of anilines is 1. The van der Waals surface area contributed by atoms with Crippen LogP contribution >= 0.6 is 15.9 Å². The third kappa shape index (κ3) is 5.20. The van der Waals surface area contributed by atoms with Gasteiger partial charge in [-0.3, -0.25) is 4.79 Å². The molecule has 0 fully saturated rings. The molecule has 0 unspecified atom stereocenters. The van der Waals surface area contributed by atoms with Crippen molar-refractivity contribution < 1.29 is 14.7 Å². The number of aliphatic carboxylic acids is 1. The zero-order valence-electron chi connectivity index (χ0n) is 13.6. The molecule has 4 nitrogen and oxygen atoms in total. The number of hydrogen-bond acceptors (Lipinski definition) is 3. The highest BCUT2D eigenvalue weighted by Crippen LogP contribution is 2.21. The number of halogens is 1. The normalized spacial score (nSPS) is 11.8. The lowest BCUT2D eigenvalue weighted by molar-refractivity contribution is -0.311. The van der Waals surface area contributed by atoms with Crippen LogP contribution < -0.4 is 10.4 Å². The number of rotatable bonds is 6. The second-order valence-corrected chi connectivity index (χ2v) is 6.78. The molecule has 126 valence electrons. The molecule has 1 N–H and O–H groups in total. The van der Waals surface area contributed by atoms with Gasteiger partial charge in [0.15, 0.2) is 0 Å². The number of carboxylic acid groups (broad SMARTS) is 1. The van der Waals surface area contributed by atoms with Gasteiger partial charge < -0.3 is 15.2 Å². The minimum absolute atomic E-state index is 0.123. The zero-order valence-corrected chi connectivity index (χ0v) is 15.2. The van der Waals surface area contributed by atoms with Crippen molar-refractivity contribution in [2.75, 3.05) is 5.32 Å². The van der Waals surface area contributed by atoms with Crippen LogP contribution in [-0.2, 0) is 16.0 Å². The molecule has 2 rings (SSSR count). The van der Waals surface area contributed by atoms with Crippen LogP contribution in [-0.4, -0.2) is 11.9 Å².